The monoisotopic (exact) mass is 331 g/mol. The summed E-state index contributed by atoms with van der Waals surface area (Å²) in [5.41, 5.74) is -1.50. The molecule has 0 spiro atoms. The molecule has 0 aliphatic carbocycles. The van der Waals surface area contributed by atoms with Gasteiger partial charge in [0, 0.05) is 13.1 Å². The predicted molar refractivity (Wildman–Crippen MR) is 78.6 cm³/mol. The SMILES string of the molecule is CC(C)(C)C(=O)ON1CCN(c2cccc(C(F)(F)F)n2)CC1. The van der Waals surface area contributed by atoms with E-state index in [1.807, 2.05) is 0 Å². The molecule has 23 heavy (non-hydrogen) atoms. The Kier molecular flexibility index (Phi) is 4.84. The summed E-state index contributed by atoms with van der Waals surface area (Å²) in [5.74, 6) is -0.0511. The minimum atomic E-state index is -4.46. The van der Waals surface area contributed by atoms with E-state index in [1.165, 1.54) is 11.1 Å². The molecule has 1 aromatic heterocycles. The Balaban J connectivity index is 1.96. The second-order valence-electron chi connectivity index (χ2n) is 6.42. The molecule has 0 aromatic carbocycles. The summed E-state index contributed by atoms with van der Waals surface area (Å²) in [5, 5.41) is 1.54. The fraction of sp³-hybridized carbons (Fsp3) is 0.600. The van der Waals surface area contributed by atoms with E-state index in [-0.39, 0.29) is 11.8 Å². The molecule has 2 rings (SSSR count). The van der Waals surface area contributed by atoms with Crippen LogP contribution in [0.2, 0.25) is 0 Å². The lowest BCUT2D eigenvalue weighted by Gasteiger charge is -2.35. The number of carbonyl (C=O) groups excluding carboxylic acids is 1. The number of halogens is 3. The summed E-state index contributed by atoms with van der Waals surface area (Å²) in [7, 11) is 0. The van der Waals surface area contributed by atoms with E-state index >= 15 is 0 Å². The van der Waals surface area contributed by atoms with Crippen molar-refractivity contribution >= 4 is 11.8 Å². The number of anilines is 1. The fourth-order valence-corrected chi connectivity index (χ4v) is 2.02. The van der Waals surface area contributed by atoms with Gasteiger partial charge < -0.3 is 9.74 Å². The summed E-state index contributed by atoms with van der Waals surface area (Å²) in [6.45, 7) is 6.99. The molecule has 1 fully saturated rings. The van der Waals surface area contributed by atoms with Crippen molar-refractivity contribution in [3.63, 3.8) is 0 Å². The Morgan fingerprint density at radius 2 is 1.74 bits per heavy atom. The highest BCUT2D eigenvalue weighted by molar-refractivity contribution is 5.75. The predicted octanol–water partition coefficient (Wildman–Crippen LogP) is 2.73. The Morgan fingerprint density at radius 1 is 1.13 bits per heavy atom. The van der Waals surface area contributed by atoms with E-state index in [1.54, 1.807) is 31.7 Å². The van der Waals surface area contributed by atoms with Crippen LogP contribution >= 0.6 is 0 Å². The summed E-state index contributed by atoms with van der Waals surface area (Å²) in [4.78, 5) is 22.5. The molecular weight excluding hydrogens is 311 g/mol. The first kappa shape index (κ1) is 17.5. The van der Waals surface area contributed by atoms with Gasteiger partial charge in [-0.3, -0.25) is 0 Å². The zero-order valence-corrected chi connectivity index (χ0v) is 13.4. The number of hydroxylamine groups is 2. The fourth-order valence-electron chi connectivity index (χ4n) is 2.02. The molecule has 8 heteroatoms. The number of carbonyl (C=O) groups is 1. The van der Waals surface area contributed by atoms with Crippen molar-refractivity contribution in [2.45, 2.75) is 26.9 Å². The van der Waals surface area contributed by atoms with Gasteiger partial charge in [-0.15, -0.1) is 5.06 Å². The molecule has 1 aliphatic heterocycles. The first-order chi connectivity index (χ1) is 10.6. The molecule has 0 amide bonds. The van der Waals surface area contributed by atoms with Gasteiger partial charge in [-0.1, -0.05) is 6.07 Å². The molecule has 128 valence electrons. The van der Waals surface area contributed by atoms with Crippen LogP contribution in [-0.4, -0.2) is 42.2 Å². The molecular formula is C15H20F3N3O2. The normalized spacial score (nSPS) is 17.2. The molecule has 0 radical (unpaired) electrons. The van der Waals surface area contributed by atoms with Crippen LogP contribution in [0.3, 0.4) is 0 Å². The number of rotatable bonds is 2. The third-order valence-corrected chi connectivity index (χ3v) is 3.41. The molecule has 0 bridgehead atoms. The van der Waals surface area contributed by atoms with Crippen molar-refractivity contribution in [3.05, 3.63) is 23.9 Å². The number of alkyl halides is 3. The van der Waals surface area contributed by atoms with Crippen LogP contribution in [0, 0.1) is 5.41 Å². The van der Waals surface area contributed by atoms with E-state index in [0.717, 1.165) is 6.07 Å². The summed E-state index contributed by atoms with van der Waals surface area (Å²) < 4.78 is 38.1. The van der Waals surface area contributed by atoms with Gasteiger partial charge in [0.2, 0.25) is 0 Å². The van der Waals surface area contributed by atoms with E-state index in [9.17, 15) is 18.0 Å². The van der Waals surface area contributed by atoms with Crippen molar-refractivity contribution in [2.24, 2.45) is 5.41 Å². The number of nitrogens with zero attached hydrogens (tertiary/aromatic N) is 3. The molecule has 0 unspecified atom stereocenters. The van der Waals surface area contributed by atoms with Gasteiger partial charge >= 0.3 is 12.1 Å². The average molecular weight is 331 g/mol. The second kappa shape index (κ2) is 6.35. The van der Waals surface area contributed by atoms with Gasteiger partial charge in [-0.2, -0.15) is 13.2 Å². The summed E-state index contributed by atoms with van der Waals surface area (Å²) in [6, 6.07) is 3.84. The zero-order valence-electron chi connectivity index (χ0n) is 13.4. The Labute approximate surface area is 133 Å². The highest BCUT2D eigenvalue weighted by atomic mass is 19.4. The highest BCUT2D eigenvalue weighted by Gasteiger charge is 2.33. The van der Waals surface area contributed by atoms with Crippen LogP contribution in [0.25, 0.3) is 0 Å². The topological polar surface area (TPSA) is 45.7 Å². The first-order valence-electron chi connectivity index (χ1n) is 7.34. The lowest BCUT2D eigenvalue weighted by atomic mass is 9.98. The molecule has 1 aromatic rings. The Hall–Kier alpha value is -1.83. The van der Waals surface area contributed by atoms with Crippen molar-refractivity contribution < 1.29 is 22.8 Å². The second-order valence-corrected chi connectivity index (χ2v) is 6.42. The van der Waals surface area contributed by atoms with Crippen molar-refractivity contribution in [2.75, 3.05) is 31.1 Å². The standard InChI is InChI=1S/C15H20F3N3O2/c1-14(2,3)13(22)23-21-9-7-20(8-10-21)12-6-4-5-11(19-12)15(16,17)18/h4-6H,7-10H2,1-3H3. The Bertz CT molecular complexity index is 562. The van der Waals surface area contributed by atoms with Crippen LogP contribution in [0.5, 0.6) is 0 Å². The van der Waals surface area contributed by atoms with Gasteiger partial charge in [-0.05, 0) is 32.9 Å². The molecule has 2 heterocycles. The van der Waals surface area contributed by atoms with E-state index in [0.29, 0.717) is 26.2 Å². The van der Waals surface area contributed by atoms with Gasteiger partial charge in [0.1, 0.15) is 11.5 Å². The number of hydrogen-bond acceptors (Lipinski definition) is 5. The minimum absolute atomic E-state index is 0.279. The van der Waals surface area contributed by atoms with Crippen LogP contribution in [0.4, 0.5) is 19.0 Å². The van der Waals surface area contributed by atoms with Crippen molar-refractivity contribution in [1.29, 1.82) is 0 Å². The van der Waals surface area contributed by atoms with Gasteiger partial charge in [0.05, 0.1) is 18.5 Å². The van der Waals surface area contributed by atoms with E-state index in [4.69, 9.17) is 4.84 Å². The third-order valence-electron chi connectivity index (χ3n) is 3.41. The van der Waals surface area contributed by atoms with Crippen molar-refractivity contribution in [1.82, 2.24) is 10.0 Å². The summed E-state index contributed by atoms with van der Waals surface area (Å²) >= 11 is 0. The summed E-state index contributed by atoms with van der Waals surface area (Å²) in [6.07, 6.45) is -4.46. The van der Waals surface area contributed by atoms with E-state index < -0.39 is 17.3 Å². The molecule has 0 atom stereocenters. The zero-order chi connectivity index (χ0) is 17.3. The van der Waals surface area contributed by atoms with Crippen LogP contribution in [0.15, 0.2) is 18.2 Å². The van der Waals surface area contributed by atoms with Crippen LogP contribution < -0.4 is 4.90 Å². The molecule has 1 aliphatic rings. The number of pyridine rings is 1. The van der Waals surface area contributed by atoms with Gasteiger partial charge in [0.25, 0.3) is 0 Å². The third kappa shape index (κ3) is 4.57. The Morgan fingerprint density at radius 3 is 2.26 bits per heavy atom. The largest absolute Gasteiger partial charge is 0.433 e. The van der Waals surface area contributed by atoms with E-state index in [2.05, 4.69) is 4.98 Å². The van der Waals surface area contributed by atoms with Crippen LogP contribution in [-0.2, 0) is 15.8 Å². The minimum Gasteiger partial charge on any atom is -0.367 e. The molecule has 5 nitrogen and oxygen atoms in total. The molecule has 0 N–H and O–H groups in total. The van der Waals surface area contributed by atoms with Gasteiger partial charge in [-0.25, -0.2) is 9.78 Å². The maximum Gasteiger partial charge on any atom is 0.433 e. The maximum atomic E-state index is 12.7. The lowest BCUT2D eigenvalue weighted by molar-refractivity contribution is -0.201. The van der Waals surface area contributed by atoms with Crippen molar-refractivity contribution in [3.8, 4) is 0 Å². The average Bonchev–Trinajstić information content (AvgIpc) is 2.46. The van der Waals surface area contributed by atoms with Crippen LogP contribution in [0.1, 0.15) is 26.5 Å². The molecule has 0 saturated carbocycles. The maximum absolute atomic E-state index is 12.7. The number of piperazine rings is 1. The lowest BCUT2D eigenvalue weighted by Crippen LogP contribution is -2.48. The number of hydrogen-bond donors (Lipinski definition) is 0. The number of aromatic nitrogens is 1. The quantitative estimate of drug-likeness (QED) is 0.834. The smallest absolute Gasteiger partial charge is 0.367 e. The highest BCUT2D eigenvalue weighted by Crippen LogP contribution is 2.29. The van der Waals surface area contributed by atoms with Gasteiger partial charge in [0.15, 0.2) is 0 Å². The molecule has 1 saturated heterocycles. The first-order valence-corrected chi connectivity index (χ1v) is 7.34.